The first-order valence-electron chi connectivity index (χ1n) is 9.01. The second kappa shape index (κ2) is 8.86. The molecule has 0 aliphatic carbocycles. The van der Waals surface area contributed by atoms with E-state index in [9.17, 15) is 13.2 Å². The fourth-order valence-electron chi connectivity index (χ4n) is 2.51. The van der Waals surface area contributed by atoms with Gasteiger partial charge in [0.15, 0.2) is 0 Å². The minimum absolute atomic E-state index is 0.0986. The Balaban J connectivity index is 3.29. The van der Waals surface area contributed by atoms with E-state index in [0.717, 1.165) is 0 Å². The average molecular weight is 385 g/mol. The van der Waals surface area contributed by atoms with Gasteiger partial charge in [-0.3, -0.25) is 4.79 Å². The highest BCUT2D eigenvalue weighted by molar-refractivity contribution is 7.89. The molecule has 0 aromatic heterocycles. The van der Waals surface area contributed by atoms with Crippen LogP contribution in [0.25, 0.3) is 0 Å². The van der Waals surface area contributed by atoms with Crippen LogP contribution in [0.3, 0.4) is 0 Å². The Labute approximate surface area is 158 Å². The summed E-state index contributed by atoms with van der Waals surface area (Å²) in [6.07, 6.45) is 0.222. The van der Waals surface area contributed by atoms with Gasteiger partial charge in [0, 0.05) is 19.5 Å². The number of hydrogen-bond acceptors (Lipinski definition) is 4. The molecule has 0 aliphatic rings. The molecule has 1 amide bonds. The number of amides is 1. The maximum absolute atomic E-state index is 12.8. The number of nitrogens with zero attached hydrogens (tertiary/aromatic N) is 1. The normalized spacial score (nSPS) is 12.5. The van der Waals surface area contributed by atoms with Crippen LogP contribution in [0.1, 0.15) is 54.9 Å². The summed E-state index contributed by atoms with van der Waals surface area (Å²) in [5, 5.41) is 2.81. The van der Waals surface area contributed by atoms with E-state index in [1.165, 1.54) is 16.4 Å². The van der Waals surface area contributed by atoms with E-state index >= 15 is 0 Å². The third kappa shape index (κ3) is 6.29. The first-order chi connectivity index (χ1) is 11.9. The third-order valence-electron chi connectivity index (χ3n) is 3.62. The van der Waals surface area contributed by atoms with E-state index in [-0.39, 0.29) is 22.3 Å². The molecule has 7 heteroatoms. The molecule has 6 nitrogen and oxygen atoms in total. The second-order valence-electron chi connectivity index (χ2n) is 7.70. The zero-order valence-corrected chi connectivity index (χ0v) is 17.7. The van der Waals surface area contributed by atoms with Gasteiger partial charge in [0.25, 0.3) is 0 Å². The number of ether oxygens (including phenoxy) is 1. The lowest BCUT2D eigenvalue weighted by Gasteiger charge is -2.22. The highest BCUT2D eigenvalue weighted by atomic mass is 32.2. The van der Waals surface area contributed by atoms with E-state index in [2.05, 4.69) is 5.32 Å². The monoisotopic (exact) mass is 384 g/mol. The predicted octanol–water partition coefficient (Wildman–Crippen LogP) is 3.88. The van der Waals surface area contributed by atoms with E-state index < -0.39 is 10.0 Å². The minimum Gasteiger partial charge on any atom is -0.489 e. The topological polar surface area (TPSA) is 75.7 Å². The van der Waals surface area contributed by atoms with Gasteiger partial charge in [-0.25, -0.2) is 8.42 Å². The molecule has 26 heavy (non-hydrogen) atoms. The number of anilines is 1. The summed E-state index contributed by atoms with van der Waals surface area (Å²) in [5.41, 5.74) is 0.204. The molecule has 148 valence electrons. The van der Waals surface area contributed by atoms with Gasteiger partial charge in [-0.1, -0.05) is 34.6 Å². The number of sulfonamides is 1. The van der Waals surface area contributed by atoms with Crippen LogP contribution in [-0.4, -0.2) is 37.8 Å². The van der Waals surface area contributed by atoms with Crippen LogP contribution in [0.2, 0.25) is 0 Å². The number of nitrogens with one attached hydrogen (secondary N) is 1. The molecule has 1 aromatic rings. The molecule has 0 unspecified atom stereocenters. The van der Waals surface area contributed by atoms with E-state index in [1.54, 1.807) is 19.9 Å². The molecule has 0 heterocycles. The van der Waals surface area contributed by atoms with Gasteiger partial charge in [-0.2, -0.15) is 4.31 Å². The average Bonchev–Trinajstić information content (AvgIpc) is 2.47. The van der Waals surface area contributed by atoms with Gasteiger partial charge in [0.1, 0.15) is 5.75 Å². The first-order valence-corrected chi connectivity index (χ1v) is 10.5. The molecule has 0 bridgehead atoms. The van der Waals surface area contributed by atoms with Crippen molar-refractivity contribution in [2.75, 3.05) is 18.4 Å². The Morgan fingerprint density at radius 2 is 1.77 bits per heavy atom. The van der Waals surface area contributed by atoms with Crippen LogP contribution in [0.4, 0.5) is 5.69 Å². The number of carbonyl (C=O) groups is 1. The van der Waals surface area contributed by atoms with Gasteiger partial charge in [-0.15, -0.1) is 0 Å². The lowest BCUT2D eigenvalue weighted by Crippen LogP contribution is -2.30. The third-order valence-corrected chi connectivity index (χ3v) is 5.67. The Bertz CT molecular complexity index is 718. The zero-order valence-electron chi connectivity index (χ0n) is 16.9. The number of hydrogen-bond donors (Lipinski definition) is 1. The Kier molecular flexibility index (Phi) is 7.65. The standard InChI is InChI=1S/C19H32N2O4S/c1-8-21(9-2)26(23,24)15-10-11-17(25-14(3)4)16(12-15)20-18(22)13-19(5,6)7/h10-12,14H,8-9,13H2,1-7H3,(H,20,22). The van der Waals surface area contributed by atoms with Crippen molar-refractivity contribution in [3.63, 3.8) is 0 Å². The molecule has 0 fully saturated rings. The van der Waals surface area contributed by atoms with E-state index in [4.69, 9.17) is 4.74 Å². The number of benzene rings is 1. The van der Waals surface area contributed by atoms with Crippen molar-refractivity contribution in [3.05, 3.63) is 18.2 Å². The summed E-state index contributed by atoms with van der Waals surface area (Å²) in [7, 11) is -3.61. The summed E-state index contributed by atoms with van der Waals surface area (Å²) >= 11 is 0. The van der Waals surface area contributed by atoms with Crippen molar-refractivity contribution in [3.8, 4) is 5.75 Å². The summed E-state index contributed by atoms with van der Waals surface area (Å²) in [4.78, 5) is 12.5. The molecule has 0 spiro atoms. The van der Waals surface area contributed by atoms with E-state index in [0.29, 0.717) is 30.9 Å². The highest BCUT2D eigenvalue weighted by Gasteiger charge is 2.24. The van der Waals surface area contributed by atoms with Crippen molar-refractivity contribution in [2.45, 2.75) is 65.9 Å². The Morgan fingerprint density at radius 3 is 2.23 bits per heavy atom. The van der Waals surface area contributed by atoms with Crippen LogP contribution < -0.4 is 10.1 Å². The molecule has 1 N–H and O–H groups in total. The molecule has 0 saturated heterocycles. The molecule has 0 saturated carbocycles. The van der Waals surface area contributed by atoms with Crippen LogP contribution in [0, 0.1) is 5.41 Å². The highest BCUT2D eigenvalue weighted by Crippen LogP contribution is 2.31. The Hall–Kier alpha value is -1.60. The summed E-state index contributed by atoms with van der Waals surface area (Å²) in [6.45, 7) is 14.0. The lowest BCUT2D eigenvalue weighted by molar-refractivity contribution is -0.117. The summed E-state index contributed by atoms with van der Waals surface area (Å²) in [6, 6.07) is 4.60. The van der Waals surface area contributed by atoms with Gasteiger partial charge in [-0.05, 0) is 37.5 Å². The maximum Gasteiger partial charge on any atom is 0.243 e. The molecule has 1 aromatic carbocycles. The Morgan fingerprint density at radius 1 is 1.19 bits per heavy atom. The smallest absolute Gasteiger partial charge is 0.243 e. The van der Waals surface area contributed by atoms with Crippen LogP contribution >= 0.6 is 0 Å². The molecule has 0 atom stereocenters. The fourth-order valence-corrected chi connectivity index (χ4v) is 4.00. The van der Waals surface area contributed by atoms with Crippen LogP contribution in [0.5, 0.6) is 5.75 Å². The summed E-state index contributed by atoms with van der Waals surface area (Å²) in [5.74, 6) is 0.282. The molecular weight excluding hydrogens is 352 g/mol. The van der Waals surface area contributed by atoms with Crippen molar-refractivity contribution in [2.24, 2.45) is 5.41 Å². The number of rotatable bonds is 8. The van der Waals surface area contributed by atoms with Crippen molar-refractivity contribution < 1.29 is 17.9 Å². The largest absolute Gasteiger partial charge is 0.489 e. The first kappa shape index (κ1) is 22.4. The molecular formula is C19H32N2O4S. The van der Waals surface area contributed by atoms with Crippen molar-refractivity contribution in [1.29, 1.82) is 0 Å². The van der Waals surface area contributed by atoms with Gasteiger partial charge >= 0.3 is 0 Å². The molecule has 1 rings (SSSR count). The quantitative estimate of drug-likeness (QED) is 0.738. The van der Waals surface area contributed by atoms with Gasteiger partial charge < -0.3 is 10.1 Å². The van der Waals surface area contributed by atoms with Crippen LogP contribution in [0.15, 0.2) is 23.1 Å². The van der Waals surface area contributed by atoms with E-state index in [1.807, 2.05) is 34.6 Å². The van der Waals surface area contributed by atoms with Crippen molar-refractivity contribution >= 4 is 21.6 Å². The minimum atomic E-state index is -3.61. The zero-order chi connectivity index (χ0) is 20.1. The number of carbonyl (C=O) groups excluding carboxylic acids is 1. The predicted molar refractivity (Wildman–Crippen MR) is 105 cm³/mol. The maximum atomic E-state index is 12.8. The fraction of sp³-hybridized carbons (Fsp3) is 0.632. The molecule has 0 aliphatic heterocycles. The lowest BCUT2D eigenvalue weighted by atomic mass is 9.92. The van der Waals surface area contributed by atoms with Crippen molar-refractivity contribution in [1.82, 2.24) is 4.31 Å². The summed E-state index contributed by atoms with van der Waals surface area (Å²) < 4.78 is 32.6. The second-order valence-corrected chi connectivity index (χ2v) is 9.64. The molecule has 0 radical (unpaired) electrons. The SMILES string of the molecule is CCN(CC)S(=O)(=O)c1ccc(OC(C)C)c(NC(=O)CC(C)(C)C)c1. The van der Waals surface area contributed by atoms with Crippen LogP contribution in [-0.2, 0) is 14.8 Å². The van der Waals surface area contributed by atoms with Gasteiger partial charge in [0.2, 0.25) is 15.9 Å². The van der Waals surface area contributed by atoms with Gasteiger partial charge in [0.05, 0.1) is 16.7 Å².